The lowest BCUT2D eigenvalue weighted by atomic mass is 9.98. The van der Waals surface area contributed by atoms with Gasteiger partial charge in [-0.1, -0.05) is 19.9 Å². The first-order valence-corrected chi connectivity index (χ1v) is 13.1. The number of aromatic nitrogens is 3. The van der Waals surface area contributed by atoms with Crippen molar-refractivity contribution < 1.29 is 9.47 Å². The number of rotatable bonds is 7. The predicted molar refractivity (Wildman–Crippen MR) is 140 cm³/mol. The summed E-state index contributed by atoms with van der Waals surface area (Å²) in [5, 5.41) is 0. The van der Waals surface area contributed by atoms with Crippen molar-refractivity contribution in [2.45, 2.75) is 84.2 Å². The van der Waals surface area contributed by atoms with Gasteiger partial charge in [-0.15, -0.1) is 0 Å². The lowest BCUT2D eigenvalue weighted by molar-refractivity contribution is -0.0215. The van der Waals surface area contributed by atoms with Gasteiger partial charge in [-0.25, -0.2) is 9.97 Å². The lowest BCUT2D eigenvalue weighted by Crippen LogP contribution is -2.47. The van der Waals surface area contributed by atoms with Gasteiger partial charge in [-0.3, -0.25) is 9.36 Å². The molecule has 2 aliphatic heterocycles. The number of pyridine rings is 1. The summed E-state index contributed by atoms with van der Waals surface area (Å²) < 4.78 is 13.8. The van der Waals surface area contributed by atoms with Crippen molar-refractivity contribution in [3.8, 4) is 0 Å². The molecule has 0 N–H and O–H groups in total. The minimum atomic E-state index is -0.0146. The third kappa shape index (κ3) is 6.22. The zero-order valence-corrected chi connectivity index (χ0v) is 22.1. The molecule has 0 aliphatic carbocycles. The molecule has 1 unspecified atom stereocenters. The second-order valence-corrected chi connectivity index (χ2v) is 10.3. The summed E-state index contributed by atoms with van der Waals surface area (Å²) in [6, 6.07) is 7.96. The van der Waals surface area contributed by atoms with Crippen LogP contribution >= 0.6 is 0 Å². The Hall–Kier alpha value is -2.45. The summed E-state index contributed by atoms with van der Waals surface area (Å²) in [7, 11) is 1.80. The van der Waals surface area contributed by atoms with E-state index in [1.54, 1.807) is 17.7 Å². The summed E-state index contributed by atoms with van der Waals surface area (Å²) in [5.41, 5.74) is 1.95. The first-order valence-electron chi connectivity index (χ1n) is 13.1. The van der Waals surface area contributed by atoms with Gasteiger partial charge in [0.15, 0.2) is 0 Å². The highest BCUT2D eigenvalue weighted by Crippen LogP contribution is 2.26. The van der Waals surface area contributed by atoms with E-state index < -0.39 is 0 Å². The molecule has 0 aromatic carbocycles. The van der Waals surface area contributed by atoms with Crippen LogP contribution < -0.4 is 15.4 Å². The predicted octanol–water partition coefficient (Wildman–Crippen LogP) is 3.53. The fourth-order valence-corrected chi connectivity index (χ4v) is 5.24. The Morgan fingerprint density at radius 3 is 2.40 bits per heavy atom. The maximum Gasteiger partial charge on any atom is 0.254 e. The Balaban J connectivity index is 1.43. The quantitative estimate of drug-likeness (QED) is 0.597. The number of ether oxygens (including phenoxy) is 2. The van der Waals surface area contributed by atoms with Crippen LogP contribution in [-0.4, -0.2) is 65.1 Å². The summed E-state index contributed by atoms with van der Waals surface area (Å²) in [6.45, 7) is 13.7. The molecular formula is C27H41N5O3. The molecule has 2 fully saturated rings. The minimum Gasteiger partial charge on any atom is -0.372 e. The standard InChI is InChI=1S/C27H41N5O3/c1-7-22-9-8-10-25(28-22)31-14-21(5)35-23(17-31)12-11-18(2)24-13-26(33)30(6)27(29-24)32-15-19(3)34-20(4)16-32/h8-10,13,18-21,23H,7,11-12,14-17H2,1-6H3/t18?,19-,20+,21-,23+/m0/s1. The topological polar surface area (TPSA) is 72.7 Å². The van der Waals surface area contributed by atoms with Gasteiger partial charge in [0, 0.05) is 45.0 Å². The summed E-state index contributed by atoms with van der Waals surface area (Å²) in [6.07, 6.45) is 3.24. The fourth-order valence-electron chi connectivity index (χ4n) is 5.24. The average molecular weight is 484 g/mol. The summed E-state index contributed by atoms with van der Waals surface area (Å²) in [4.78, 5) is 27.1. The average Bonchev–Trinajstić information content (AvgIpc) is 2.83. The molecule has 192 valence electrons. The van der Waals surface area contributed by atoms with Crippen LogP contribution in [0.3, 0.4) is 0 Å². The van der Waals surface area contributed by atoms with Crippen LogP contribution in [0.5, 0.6) is 0 Å². The van der Waals surface area contributed by atoms with Gasteiger partial charge in [0.2, 0.25) is 5.95 Å². The van der Waals surface area contributed by atoms with Crippen molar-refractivity contribution in [3.63, 3.8) is 0 Å². The van der Waals surface area contributed by atoms with Crippen LogP contribution in [0, 0.1) is 0 Å². The summed E-state index contributed by atoms with van der Waals surface area (Å²) in [5.74, 6) is 1.93. The number of nitrogens with zero attached hydrogens (tertiary/aromatic N) is 5. The highest BCUT2D eigenvalue weighted by atomic mass is 16.5. The van der Waals surface area contributed by atoms with Crippen LogP contribution in [0.4, 0.5) is 11.8 Å². The van der Waals surface area contributed by atoms with Crippen molar-refractivity contribution in [3.05, 3.63) is 46.0 Å². The highest BCUT2D eigenvalue weighted by Gasteiger charge is 2.28. The van der Waals surface area contributed by atoms with E-state index in [9.17, 15) is 4.79 Å². The Morgan fingerprint density at radius 1 is 1.00 bits per heavy atom. The molecule has 8 heteroatoms. The van der Waals surface area contributed by atoms with E-state index in [4.69, 9.17) is 19.4 Å². The molecule has 0 spiro atoms. The van der Waals surface area contributed by atoms with Crippen LogP contribution in [-0.2, 0) is 22.9 Å². The van der Waals surface area contributed by atoms with Crippen molar-refractivity contribution >= 4 is 11.8 Å². The van der Waals surface area contributed by atoms with E-state index in [2.05, 4.69) is 62.6 Å². The van der Waals surface area contributed by atoms with Crippen molar-refractivity contribution in [1.29, 1.82) is 0 Å². The van der Waals surface area contributed by atoms with Gasteiger partial charge in [0.05, 0.1) is 30.1 Å². The Bertz CT molecular complexity index is 1050. The van der Waals surface area contributed by atoms with Crippen molar-refractivity contribution in [1.82, 2.24) is 14.5 Å². The fraction of sp³-hybridized carbons (Fsp3) is 0.667. The van der Waals surface area contributed by atoms with E-state index in [0.717, 1.165) is 68.6 Å². The van der Waals surface area contributed by atoms with Gasteiger partial charge in [0.25, 0.3) is 5.56 Å². The summed E-state index contributed by atoms with van der Waals surface area (Å²) >= 11 is 0. The van der Waals surface area contributed by atoms with E-state index in [1.807, 2.05) is 0 Å². The molecule has 2 aliphatic rings. The van der Waals surface area contributed by atoms with Gasteiger partial charge in [-0.2, -0.15) is 0 Å². The zero-order valence-electron chi connectivity index (χ0n) is 22.1. The number of hydrogen-bond donors (Lipinski definition) is 0. The highest BCUT2D eigenvalue weighted by molar-refractivity contribution is 5.40. The molecule has 2 aromatic heterocycles. The SMILES string of the molecule is CCc1cccc(N2C[C@@H](CCC(C)c3cc(=O)n(C)c(N4C[C@@H](C)O[C@@H](C)C4)n3)O[C@@H](C)C2)n1. The van der Waals surface area contributed by atoms with E-state index >= 15 is 0 Å². The number of anilines is 2. The number of aryl methyl sites for hydroxylation is 1. The zero-order chi connectivity index (χ0) is 25.1. The first kappa shape index (κ1) is 25.6. The molecular weight excluding hydrogens is 442 g/mol. The monoisotopic (exact) mass is 483 g/mol. The minimum absolute atomic E-state index is 0.0146. The molecule has 5 atom stereocenters. The Labute approximate surface area is 209 Å². The maximum atomic E-state index is 12.8. The van der Waals surface area contributed by atoms with Gasteiger partial charge < -0.3 is 19.3 Å². The smallest absolute Gasteiger partial charge is 0.254 e. The molecule has 4 rings (SSSR count). The van der Waals surface area contributed by atoms with E-state index in [-0.39, 0.29) is 35.9 Å². The molecule has 0 amide bonds. The second kappa shape index (κ2) is 11.1. The second-order valence-electron chi connectivity index (χ2n) is 10.3. The van der Waals surface area contributed by atoms with Crippen molar-refractivity contribution in [2.24, 2.45) is 7.05 Å². The van der Waals surface area contributed by atoms with Crippen LogP contribution in [0.15, 0.2) is 29.1 Å². The third-order valence-electron chi connectivity index (χ3n) is 7.06. The molecule has 35 heavy (non-hydrogen) atoms. The third-order valence-corrected chi connectivity index (χ3v) is 7.06. The van der Waals surface area contributed by atoms with E-state index in [1.165, 1.54) is 0 Å². The number of morpholine rings is 2. The molecule has 0 bridgehead atoms. The lowest BCUT2D eigenvalue weighted by Gasteiger charge is -2.38. The van der Waals surface area contributed by atoms with Gasteiger partial charge in [-0.05, 0) is 58.1 Å². The Kier molecular flexibility index (Phi) is 8.12. The number of hydrogen-bond acceptors (Lipinski definition) is 7. The molecule has 2 aromatic rings. The van der Waals surface area contributed by atoms with Gasteiger partial charge in [0.1, 0.15) is 5.82 Å². The largest absolute Gasteiger partial charge is 0.372 e. The van der Waals surface area contributed by atoms with Crippen molar-refractivity contribution in [2.75, 3.05) is 36.0 Å². The van der Waals surface area contributed by atoms with Crippen LogP contribution in [0.25, 0.3) is 0 Å². The van der Waals surface area contributed by atoms with Crippen LogP contribution in [0.2, 0.25) is 0 Å². The molecule has 4 heterocycles. The Morgan fingerprint density at radius 2 is 1.69 bits per heavy atom. The molecule has 8 nitrogen and oxygen atoms in total. The van der Waals surface area contributed by atoms with Crippen LogP contribution in [0.1, 0.15) is 64.8 Å². The molecule has 2 saturated heterocycles. The first-order chi connectivity index (χ1) is 16.7. The maximum absolute atomic E-state index is 12.8. The van der Waals surface area contributed by atoms with Gasteiger partial charge >= 0.3 is 0 Å². The molecule has 0 radical (unpaired) electrons. The molecule has 0 saturated carbocycles. The van der Waals surface area contributed by atoms with E-state index in [0.29, 0.717) is 0 Å². The normalized spacial score (nSPS) is 26.1.